The lowest BCUT2D eigenvalue weighted by Gasteiger charge is -2.30. The molecule has 0 heterocycles. The molecule has 0 radical (unpaired) electrons. The predicted octanol–water partition coefficient (Wildman–Crippen LogP) is 2.44. The number of carbonyl (C=O) groups excluding carboxylic acids is 2. The van der Waals surface area contributed by atoms with Gasteiger partial charge in [0.2, 0.25) is 0 Å². The third-order valence-corrected chi connectivity index (χ3v) is 3.12. The van der Waals surface area contributed by atoms with E-state index in [0.717, 1.165) is 0 Å². The fourth-order valence-corrected chi connectivity index (χ4v) is 1.34. The molecule has 0 aromatic carbocycles. The second-order valence-corrected chi connectivity index (χ2v) is 4.64. The SMILES string of the molecule is CCOC(=O)C(C)(C)C(C)OC(=O)N(CC)CC. The zero-order valence-corrected chi connectivity index (χ0v) is 12.3. The van der Waals surface area contributed by atoms with Crippen LogP contribution in [0.15, 0.2) is 0 Å². The molecule has 0 rings (SSSR count). The lowest BCUT2D eigenvalue weighted by molar-refractivity contribution is -0.159. The molecule has 0 aromatic heterocycles. The van der Waals surface area contributed by atoms with Crippen molar-refractivity contribution >= 4 is 12.1 Å². The molecule has 5 nitrogen and oxygen atoms in total. The average molecular weight is 259 g/mol. The number of rotatable bonds is 6. The number of hydrogen-bond acceptors (Lipinski definition) is 4. The summed E-state index contributed by atoms with van der Waals surface area (Å²) < 4.78 is 10.3. The topological polar surface area (TPSA) is 55.8 Å². The summed E-state index contributed by atoms with van der Waals surface area (Å²) in [6, 6.07) is 0. The average Bonchev–Trinajstić information content (AvgIpc) is 2.30. The van der Waals surface area contributed by atoms with Crippen molar-refractivity contribution in [3.8, 4) is 0 Å². The number of nitrogens with zero attached hydrogens (tertiary/aromatic N) is 1. The van der Waals surface area contributed by atoms with Crippen molar-refractivity contribution in [3.05, 3.63) is 0 Å². The summed E-state index contributed by atoms with van der Waals surface area (Å²) >= 11 is 0. The highest BCUT2D eigenvalue weighted by molar-refractivity contribution is 5.77. The zero-order valence-electron chi connectivity index (χ0n) is 12.3. The molecule has 1 atom stereocenters. The molecule has 0 N–H and O–H groups in total. The predicted molar refractivity (Wildman–Crippen MR) is 69.3 cm³/mol. The molecule has 0 aromatic rings. The molecule has 1 amide bonds. The Bertz CT molecular complexity index is 285. The smallest absolute Gasteiger partial charge is 0.410 e. The van der Waals surface area contributed by atoms with Crippen LogP contribution >= 0.6 is 0 Å². The van der Waals surface area contributed by atoms with E-state index in [1.54, 1.807) is 32.6 Å². The van der Waals surface area contributed by atoms with Gasteiger partial charge in [0, 0.05) is 13.1 Å². The lowest BCUT2D eigenvalue weighted by atomic mass is 9.87. The maximum Gasteiger partial charge on any atom is 0.410 e. The first-order valence-electron chi connectivity index (χ1n) is 6.43. The molecule has 1 unspecified atom stereocenters. The molecule has 0 aliphatic heterocycles. The fourth-order valence-electron chi connectivity index (χ4n) is 1.34. The molecule has 0 spiro atoms. The second-order valence-electron chi connectivity index (χ2n) is 4.64. The summed E-state index contributed by atoms with van der Waals surface area (Å²) in [4.78, 5) is 25.1. The highest BCUT2D eigenvalue weighted by Crippen LogP contribution is 2.25. The Kier molecular flexibility index (Phi) is 6.73. The van der Waals surface area contributed by atoms with Crippen LogP contribution in [0.2, 0.25) is 0 Å². The Morgan fingerprint density at radius 2 is 1.67 bits per heavy atom. The van der Waals surface area contributed by atoms with Gasteiger partial charge in [-0.25, -0.2) is 4.79 Å². The Morgan fingerprint density at radius 3 is 2.06 bits per heavy atom. The molecule has 18 heavy (non-hydrogen) atoms. The van der Waals surface area contributed by atoms with Crippen molar-refractivity contribution in [1.82, 2.24) is 4.90 Å². The normalized spacial score (nSPS) is 12.8. The Hall–Kier alpha value is -1.26. The monoisotopic (exact) mass is 259 g/mol. The quantitative estimate of drug-likeness (QED) is 0.687. The van der Waals surface area contributed by atoms with Crippen LogP contribution in [-0.2, 0) is 14.3 Å². The summed E-state index contributed by atoms with van der Waals surface area (Å²) in [5.41, 5.74) is -0.848. The molecule has 106 valence electrons. The van der Waals surface area contributed by atoms with E-state index in [2.05, 4.69) is 0 Å². The summed E-state index contributed by atoms with van der Waals surface area (Å²) in [6.07, 6.45) is -0.936. The standard InChI is InChI=1S/C13H25NO4/c1-7-14(8-2)12(16)18-10(4)13(5,6)11(15)17-9-3/h10H,7-9H2,1-6H3. The highest BCUT2D eigenvalue weighted by Gasteiger charge is 2.38. The van der Waals surface area contributed by atoms with Gasteiger partial charge in [-0.15, -0.1) is 0 Å². The largest absolute Gasteiger partial charge is 0.465 e. The van der Waals surface area contributed by atoms with E-state index in [0.29, 0.717) is 19.7 Å². The van der Waals surface area contributed by atoms with Gasteiger partial charge in [-0.05, 0) is 41.5 Å². The maximum absolute atomic E-state index is 11.8. The van der Waals surface area contributed by atoms with Crippen LogP contribution in [0.25, 0.3) is 0 Å². The van der Waals surface area contributed by atoms with Crippen molar-refractivity contribution in [2.24, 2.45) is 5.41 Å². The summed E-state index contributed by atoms with van der Waals surface area (Å²) in [6.45, 7) is 12.1. The Balaban J connectivity index is 4.60. The molecule has 0 aliphatic carbocycles. The van der Waals surface area contributed by atoms with Crippen LogP contribution < -0.4 is 0 Å². The minimum absolute atomic E-state index is 0.318. The first kappa shape index (κ1) is 16.7. The number of esters is 1. The number of ether oxygens (including phenoxy) is 2. The van der Waals surface area contributed by atoms with Crippen LogP contribution in [-0.4, -0.2) is 42.8 Å². The van der Waals surface area contributed by atoms with Crippen LogP contribution in [0.5, 0.6) is 0 Å². The maximum atomic E-state index is 11.8. The molecule has 0 saturated heterocycles. The Morgan fingerprint density at radius 1 is 1.17 bits per heavy atom. The first-order valence-corrected chi connectivity index (χ1v) is 6.43. The molecule has 5 heteroatoms. The van der Waals surface area contributed by atoms with Gasteiger partial charge in [-0.3, -0.25) is 4.79 Å². The van der Waals surface area contributed by atoms with Gasteiger partial charge in [0.15, 0.2) is 0 Å². The summed E-state index contributed by atoms with van der Waals surface area (Å²) in [5, 5.41) is 0. The molecule has 0 aliphatic rings. The molecule has 0 saturated carbocycles. The highest BCUT2D eigenvalue weighted by atomic mass is 16.6. The third-order valence-electron chi connectivity index (χ3n) is 3.12. The van der Waals surface area contributed by atoms with E-state index >= 15 is 0 Å². The summed E-state index contributed by atoms with van der Waals surface area (Å²) in [5.74, 6) is -0.357. The number of amides is 1. The number of hydrogen-bond donors (Lipinski definition) is 0. The van der Waals surface area contributed by atoms with Gasteiger partial charge >= 0.3 is 12.1 Å². The molecule has 0 fully saturated rings. The van der Waals surface area contributed by atoms with Crippen LogP contribution in [0.4, 0.5) is 4.79 Å². The van der Waals surface area contributed by atoms with Crippen LogP contribution in [0, 0.1) is 5.41 Å². The van der Waals surface area contributed by atoms with E-state index in [-0.39, 0.29) is 5.97 Å². The van der Waals surface area contributed by atoms with Crippen molar-refractivity contribution in [3.63, 3.8) is 0 Å². The first-order chi connectivity index (χ1) is 8.31. The molecular weight excluding hydrogens is 234 g/mol. The third kappa shape index (κ3) is 4.20. The van der Waals surface area contributed by atoms with E-state index in [1.165, 1.54) is 0 Å². The van der Waals surface area contributed by atoms with E-state index in [1.807, 2.05) is 13.8 Å². The van der Waals surface area contributed by atoms with Crippen LogP contribution in [0.1, 0.15) is 41.5 Å². The van der Waals surface area contributed by atoms with Gasteiger partial charge in [0.05, 0.1) is 12.0 Å². The van der Waals surface area contributed by atoms with Gasteiger partial charge in [-0.1, -0.05) is 0 Å². The van der Waals surface area contributed by atoms with Crippen molar-refractivity contribution in [2.75, 3.05) is 19.7 Å². The minimum atomic E-state index is -0.848. The van der Waals surface area contributed by atoms with Gasteiger partial charge in [0.25, 0.3) is 0 Å². The lowest BCUT2D eigenvalue weighted by Crippen LogP contribution is -2.42. The van der Waals surface area contributed by atoms with Gasteiger partial charge < -0.3 is 14.4 Å². The fraction of sp³-hybridized carbons (Fsp3) is 0.846. The zero-order chi connectivity index (χ0) is 14.3. The van der Waals surface area contributed by atoms with Crippen molar-refractivity contribution in [1.29, 1.82) is 0 Å². The minimum Gasteiger partial charge on any atom is -0.465 e. The molecular formula is C13H25NO4. The van der Waals surface area contributed by atoms with Gasteiger partial charge in [-0.2, -0.15) is 0 Å². The van der Waals surface area contributed by atoms with E-state index < -0.39 is 17.6 Å². The van der Waals surface area contributed by atoms with Crippen molar-refractivity contribution < 1.29 is 19.1 Å². The van der Waals surface area contributed by atoms with E-state index in [4.69, 9.17) is 9.47 Å². The molecule has 0 bridgehead atoms. The summed E-state index contributed by atoms with van der Waals surface area (Å²) in [7, 11) is 0. The second kappa shape index (κ2) is 7.24. The van der Waals surface area contributed by atoms with Crippen LogP contribution in [0.3, 0.4) is 0 Å². The van der Waals surface area contributed by atoms with Gasteiger partial charge in [0.1, 0.15) is 6.10 Å². The van der Waals surface area contributed by atoms with Crippen molar-refractivity contribution in [2.45, 2.75) is 47.6 Å². The van der Waals surface area contributed by atoms with E-state index in [9.17, 15) is 9.59 Å². The Labute approximate surface area is 109 Å². The number of carbonyl (C=O) groups is 2.